The number of primary amides is 1. The zero-order valence-corrected chi connectivity index (χ0v) is 12.6. The molecule has 1 saturated heterocycles. The Kier molecular flexibility index (Phi) is 4.10. The fourth-order valence-electron chi connectivity index (χ4n) is 3.29. The van der Waals surface area contributed by atoms with Crippen LogP contribution in [0, 0.1) is 16.0 Å². The Morgan fingerprint density at radius 2 is 2.26 bits per heavy atom. The quantitative estimate of drug-likeness (QED) is 0.688. The maximum absolute atomic E-state index is 11.2. The monoisotopic (exact) mass is 314 g/mol. The van der Waals surface area contributed by atoms with Crippen molar-refractivity contribution < 1.29 is 9.72 Å². The van der Waals surface area contributed by atoms with Crippen LogP contribution in [0.2, 0.25) is 0 Å². The van der Waals surface area contributed by atoms with E-state index in [2.05, 4.69) is 9.88 Å². The highest BCUT2D eigenvalue weighted by Gasteiger charge is 2.24. The smallest absolute Gasteiger partial charge is 0.278 e. The molecule has 1 unspecified atom stereocenters. The lowest BCUT2D eigenvalue weighted by atomic mass is 9.94. The second kappa shape index (κ2) is 6.20. The molecule has 0 spiro atoms. The lowest BCUT2D eigenvalue weighted by molar-refractivity contribution is -0.383. The average molecular weight is 314 g/mol. The SMILES string of the molecule is NC(=O)CC1CCCN(c2ccc([N+](=O)[O-])c3cccnc23)C1. The van der Waals surface area contributed by atoms with E-state index in [0.29, 0.717) is 23.9 Å². The molecule has 0 bridgehead atoms. The Hall–Kier alpha value is -2.70. The van der Waals surface area contributed by atoms with Gasteiger partial charge in [-0.25, -0.2) is 0 Å². The molecule has 7 heteroatoms. The molecule has 1 atom stereocenters. The van der Waals surface area contributed by atoms with Gasteiger partial charge in [-0.1, -0.05) is 0 Å². The number of aromatic nitrogens is 1. The minimum Gasteiger partial charge on any atom is -0.370 e. The second-order valence-corrected chi connectivity index (χ2v) is 5.89. The second-order valence-electron chi connectivity index (χ2n) is 5.89. The van der Waals surface area contributed by atoms with Crippen molar-refractivity contribution in [1.29, 1.82) is 0 Å². The van der Waals surface area contributed by atoms with Gasteiger partial charge in [-0.3, -0.25) is 19.9 Å². The third kappa shape index (κ3) is 3.08. The fraction of sp³-hybridized carbons (Fsp3) is 0.375. The summed E-state index contributed by atoms with van der Waals surface area (Å²) in [4.78, 5) is 28.5. The lowest BCUT2D eigenvalue weighted by Gasteiger charge is -2.34. The van der Waals surface area contributed by atoms with Gasteiger partial charge >= 0.3 is 0 Å². The summed E-state index contributed by atoms with van der Waals surface area (Å²) in [5, 5.41) is 11.7. The molecule has 0 aliphatic carbocycles. The molecule has 2 heterocycles. The van der Waals surface area contributed by atoms with Gasteiger partial charge in [-0.05, 0) is 37.0 Å². The highest BCUT2D eigenvalue weighted by atomic mass is 16.6. The van der Waals surface area contributed by atoms with Gasteiger partial charge in [0.2, 0.25) is 5.91 Å². The minimum absolute atomic E-state index is 0.0579. The number of non-ortho nitro benzene ring substituents is 1. The van der Waals surface area contributed by atoms with Crippen LogP contribution in [0.15, 0.2) is 30.5 Å². The molecule has 1 aromatic heterocycles. The normalized spacial score (nSPS) is 18.1. The van der Waals surface area contributed by atoms with Crippen molar-refractivity contribution >= 4 is 28.2 Å². The molecule has 2 aromatic rings. The Labute approximate surface area is 133 Å². The number of fused-ring (bicyclic) bond motifs is 1. The molecule has 23 heavy (non-hydrogen) atoms. The van der Waals surface area contributed by atoms with E-state index in [1.807, 2.05) is 0 Å². The Morgan fingerprint density at radius 3 is 3.00 bits per heavy atom. The number of piperidine rings is 1. The molecule has 0 saturated carbocycles. The number of amides is 1. The van der Waals surface area contributed by atoms with Gasteiger partial charge in [-0.2, -0.15) is 0 Å². The maximum atomic E-state index is 11.2. The molecule has 0 radical (unpaired) electrons. The predicted octanol–water partition coefficient (Wildman–Crippen LogP) is 2.23. The standard InChI is InChI=1S/C16H18N4O3/c17-15(21)9-11-3-2-8-19(10-11)14-6-5-13(20(22)23)12-4-1-7-18-16(12)14/h1,4-7,11H,2-3,8-10H2,(H2,17,21). The minimum atomic E-state index is -0.389. The summed E-state index contributed by atoms with van der Waals surface area (Å²) in [5.41, 5.74) is 6.87. The number of rotatable bonds is 4. The first kappa shape index (κ1) is 15.2. The molecule has 2 N–H and O–H groups in total. The van der Waals surface area contributed by atoms with Gasteiger partial charge in [0, 0.05) is 31.8 Å². The zero-order chi connectivity index (χ0) is 16.4. The van der Waals surface area contributed by atoms with Crippen LogP contribution in [0.3, 0.4) is 0 Å². The van der Waals surface area contributed by atoms with Crippen LogP contribution in [0.4, 0.5) is 11.4 Å². The molecular formula is C16H18N4O3. The van der Waals surface area contributed by atoms with E-state index in [1.54, 1.807) is 24.4 Å². The topological polar surface area (TPSA) is 102 Å². The Balaban J connectivity index is 1.98. The van der Waals surface area contributed by atoms with E-state index in [9.17, 15) is 14.9 Å². The molecule has 1 aliphatic rings. The highest BCUT2D eigenvalue weighted by molar-refractivity contribution is 5.97. The van der Waals surface area contributed by atoms with Crippen LogP contribution in [0.25, 0.3) is 10.9 Å². The Bertz CT molecular complexity index is 762. The number of anilines is 1. The van der Waals surface area contributed by atoms with E-state index in [4.69, 9.17) is 5.73 Å². The van der Waals surface area contributed by atoms with Crippen LogP contribution in [0.5, 0.6) is 0 Å². The van der Waals surface area contributed by atoms with Gasteiger partial charge in [0.1, 0.15) is 5.52 Å². The van der Waals surface area contributed by atoms with Gasteiger partial charge in [0.05, 0.1) is 16.0 Å². The van der Waals surface area contributed by atoms with E-state index < -0.39 is 0 Å². The number of pyridine rings is 1. The number of nitro benzene ring substituents is 1. The molecule has 120 valence electrons. The number of nitrogens with two attached hydrogens (primary N) is 1. The van der Waals surface area contributed by atoms with Crippen LogP contribution >= 0.6 is 0 Å². The summed E-state index contributed by atoms with van der Waals surface area (Å²) in [6.45, 7) is 1.56. The largest absolute Gasteiger partial charge is 0.370 e. The first-order chi connectivity index (χ1) is 11.1. The third-order valence-corrected chi connectivity index (χ3v) is 4.27. The molecule has 3 rings (SSSR count). The first-order valence-electron chi connectivity index (χ1n) is 7.61. The van der Waals surface area contributed by atoms with Gasteiger partial charge in [0.15, 0.2) is 0 Å². The van der Waals surface area contributed by atoms with Crippen molar-refractivity contribution in [3.05, 3.63) is 40.6 Å². The summed E-state index contributed by atoms with van der Waals surface area (Å²) in [7, 11) is 0. The van der Waals surface area contributed by atoms with Gasteiger partial charge in [-0.15, -0.1) is 0 Å². The fourth-order valence-corrected chi connectivity index (χ4v) is 3.29. The molecule has 1 amide bonds. The summed E-state index contributed by atoms with van der Waals surface area (Å²) in [6.07, 6.45) is 3.94. The summed E-state index contributed by atoms with van der Waals surface area (Å²) in [6, 6.07) is 6.69. The molecule has 7 nitrogen and oxygen atoms in total. The molecular weight excluding hydrogens is 296 g/mol. The van der Waals surface area contributed by atoms with E-state index in [0.717, 1.165) is 25.1 Å². The molecule has 1 aromatic carbocycles. The highest BCUT2D eigenvalue weighted by Crippen LogP contribution is 2.34. The summed E-state index contributed by atoms with van der Waals surface area (Å²) in [5.74, 6) is -0.0706. The average Bonchev–Trinajstić information content (AvgIpc) is 2.53. The number of hydrogen-bond acceptors (Lipinski definition) is 5. The summed E-state index contributed by atoms with van der Waals surface area (Å²) < 4.78 is 0. The van der Waals surface area contributed by atoms with Crippen molar-refractivity contribution in [3.8, 4) is 0 Å². The zero-order valence-electron chi connectivity index (χ0n) is 12.6. The van der Waals surface area contributed by atoms with Gasteiger partial charge < -0.3 is 10.6 Å². The first-order valence-corrected chi connectivity index (χ1v) is 7.61. The van der Waals surface area contributed by atoms with Crippen molar-refractivity contribution in [2.75, 3.05) is 18.0 Å². The van der Waals surface area contributed by atoms with E-state index >= 15 is 0 Å². The van der Waals surface area contributed by atoms with Crippen LogP contribution < -0.4 is 10.6 Å². The van der Waals surface area contributed by atoms with Crippen molar-refractivity contribution in [2.24, 2.45) is 11.7 Å². The molecule has 1 aliphatic heterocycles. The molecule has 1 fully saturated rings. The van der Waals surface area contributed by atoms with E-state index in [1.165, 1.54) is 6.07 Å². The number of hydrogen-bond donors (Lipinski definition) is 1. The predicted molar refractivity (Wildman–Crippen MR) is 87.1 cm³/mol. The third-order valence-electron chi connectivity index (χ3n) is 4.27. The number of carbonyl (C=O) groups is 1. The van der Waals surface area contributed by atoms with Crippen LogP contribution in [-0.2, 0) is 4.79 Å². The van der Waals surface area contributed by atoms with Crippen LogP contribution in [-0.4, -0.2) is 28.9 Å². The Morgan fingerprint density at radius 1 is 1.43 bits per heavy atom. The number of benzene rings is 1. The number of nitrogens with zero attached hydrogens (tertiary/aromatic N) is 3. The number of nitro groups is 1. The van der Waals surface area contributed by atoms with E-state index in [-0.39, 0.29) is 22.4 Å². The van der Waals surface area contributed by atoms with Crippen molar-refractivity contribution in [2.45, 2.75) is 19.3 Å². The maximum Gasteiger partial charge on any atom is 0.278 e. The van der Waals surface area contributed by atoms with Gasteiger partial charge in [0.25, 0.3) is 5.69 Å². The van der Waals surface area contributed by atoms with Crippen molar-refractivity contribution in [1.82, 2.24) is 4.98 Å². The lowest BCUT2D eigenvalue weighted by Crippen LogP contribution is -2.37. The van der Waals surface area contributed by atoms with Crippen LogP contribution in [0.1, 0.15) is 19.3 Å². The summed E-state index contributed by atoms with van der Waals surface area (Å²) >= 11 is 0. The number of carbonyl (C=O) groups excluding carboxylic acids is 1. The van der Waals surface area contributed by atoms with Crippen molar-refractivity contribution in [3.63, 3.8) is 0 Å².